The van der Waals surface area contributed by atoms with Crippen molar-refractivity contribution in [3.05, 3.63) is 65.5 Å². The van der Waals surface area contributed by atoms with E-state index in [9.17, 15) is 13.2 Å². The molecule has 8 heteroatoms. The fraction of sp³-hybridized carbons (Fsp3) is 0.200. The Hall–Kier alpha value is -2.55. The Kier molecular flexibility index (Phi) is 5.25. The molecule has 0 radical (unpaired) electrons. The molecule has 0 unspecified atom stereocenters. The zero-order chi connectivity index (χ0) is 19.6. The first-order valence-electron chi connectivity index (χ1n) is 8.96. The van der Waals surface area contributed by atoms with Gasteiger partial charge in [-0.1, -0.05) is 30.3 Å². The van der Waals surface area contributed by atoms with E-state index in [1.807, 2.05) is 11.4 Å². The van der Waals surface area contributed by atoms with E-state index in [-0.39, 0.29) is 5.91 Å². The second kappa shape index (κ2) is 7.83. The largest absolute Gasteiger partial charge is 0.298 e. The standard InChI is InChI=1S/C20H19N3O3S2/c24-19(16-6-2-1-3-7-16)22-20-21-18(14-27-20)15-8-10-17(11-9-15)28(25,26)23-12-4-5-13-23/h1-3,6-11,14H,4-5,12-13H2,(H,21,22,24). The third-order valence-electron chi connectivity index (χ3n) is 4.61. The van der Waals surface area contributed by atoms with Crippen molar-refractivity contribution in [3.8, 4) is 11.3 Å². The Morgan fingerprint density at radius 2 is 1.68 bits per heavy atom. The van der Waals surface area contributed by atoms with Gasteiger partial charge in [-0.05, 0) is 37.1 Å². The van der Waals surface area contributed by atoms with Gasteiger partial charge in [-0.2, -0.15) is 4.31 Å². The Bertz CT molecular complexity index is 1070. The average Bonchev–Trinajstić information content (AvgIpc) is 3.41. The van der Waals surface area contributed by atoms with Crippen molar-refractivity contribution in [1.29, 1.82) is 0 Å². The lowest BCUT2D eigenvalue weighted by Crippen LogP contribution is -2.27. The summed E-state index contributed by atoms with van der Waals surface area (Å²) < 4.78 is 26.7. The van der Waals surface area contributed by atoms with E-state index in [0.717, 1.165) is 18.4 Å². The van der Waals surface area contributed by atoms with E-state index >= 15 is 0 Å². The number of aromatic nitrogens is 1. The minimum Gasteiger partial charge on any atom is -0.298 e. The average molecular weight is 414 g/mol. The molecular formula is C20H19N3O3S2. The van der Waals surface area contributed by atoms with Gasteiger partial charge >= 0.3 is 0 Å². The smallest absolute Gasteiger partial charge is 0.257 e. The van der Waals surface area contributed by atoms with E-state index in [0.29, 0.717) is 34.4 Å². The maximum absolute atomic E-state index is 12.6. The number of sulfonamides is 1. The molecule has 1 fully saturated rings. The third-order valence-corrected chi connectivity index (χ3v) is 7.28. The van der Waals surface area contributed by atoms with Crippen molar-refractivity contribution >= 4 is 32.4 Å². The van der Waals surface area contributed by atoms with Crippen LogP contribution in [0.1, 0.15) is 23.2 Å². The third kappa shape index (κ3) is 3.84. The number of benzene rings is 2. The summed E-state index contributed by atoms with van der Waals surface area (Å²) in [5.74, 6) is -0.214. The molecule has 1 N–H and O–H groups in total. The van der Waals surface area contributed by atoms with Crippen LogP contribution in [0.2, 0.25) is 0 Å². The van der Waals surface area contributed by atoms with Gasteiger partial charge in [-0.3, -0.25) is 10.1 Å². The van der Waals surface area contributed by atoms with Gasteiger partial charge in [0.2, 0.25) is 10.0 Å². The number of hydrogen-bond donors (Lipinski definition) is 1. The number of carbonyl (C=O) groups is 1. The van der Waals surface area contributed by atoms with Crippen LogP contribution in [-0.2, 0) is 10.0 Å². The summed E-state index contributed by atoms with van der Waals surface area (Å²) >= 11 is 1.33. The second-order valence-electron chi connectivity index (χ2n) is 6.49. The fourth-order valence-electron chi connectivity index (χ4n) is 3.10. The SMILES string of the molecule is O=C(Nc1nc(-c2ccc(S(=O)(=O)N3CCCC3)cc2)cs1)c1ccccc1. The first-order chi connectivity index (χ1) is 13.5. The van der Waals surface area contributed by atoms with Crippen molar-refractivity contribution in [3.63, 3.8) is 0 Å². The quantitative estimate of drug-likeness (QED) is 0.689. The lowest BCUT2D eigenvalue weighted by Gasteiger charge is -2.15. The maximum Gasteiger partial charge on any atom is 0.257 e. The molecule has 0 atom stereocenters. The summed E-state index contributed by atoms with van der Waals surface area (Å²) in [4.78, 5) is 17.0. The molecule has 0 spiro atoms. The molecule has 1 aromatic heterocycles. The number of amides is 1. The summed E-state index contributed by atoms with van der Waals surface area (Å²) in [6.07, 6.45) is 1.82. The molecule has 1 aliphatic heterocycles. The number of hydrogen-bond acceptors (Lipinski definition) is 5. The van der Waals surface area contributed by atoms with Crippen molar-refractivity contribution in [2.45, 2.75) is 17.7 Å². The molecule has 4 rings (SSSR count). The minimum atomic E-state index is -3.42. The van der Waals surface area contributed by atoms with Gasteiger partial charge in [0.25, 0.3) is 5.91 Å². The molecule has 0 aliphatic carbocycles. The summed E-state index contributed by atoms with van der Waals surface area (Å²) in [6.45, 7) is 1.17. The molecule has 1 saturated heterocycles. The van der Waals surface area contributed by atoms with E-state index in [2.05, 4.69) is 10.3 Å². The molecule has 6 nitrogen and oxygen atoms in total. The molecule has 0 bridgehead atoms. The first-order valence-corrected chi connectivity index (χ1v) is 11.3. The molecule has 1 aliphatic rings. The Morgan fingerprint density at radius 1 is 1.00 bits per heavy atom. The summed E-state index contributed by atoms with van der Waals surface area (Å²) in [6, 6.07) is 15.7. The summed E-state index contributed by atoms with van der Waals surface area (Å²) in [5, 5.41) is 5.12. The zero-order valence-corrected chi connectivity index (χ0v) is 16.7. The van der Waals surface area contributed by atoms with Gasteiger partial charge < -0.3 is 0 Å². The van der Waals surface area contributed by atoms with Crippen LogP contribution in [0, 0.1) is 0 Å². The number of nitrogens with zero attached hydrogens (tertiary/aromatic N) is 2. The molecule has 2 aromatic carbocycles. The summed E-state index contributed by atoms with van der Waals surface area (Å²) in [5.41, 5.74) is 2.06. The molecular weight excluding hydrogens is 394 g/mol. The number of thiazole rings is 1. The topological polar surface area (TPSA) is 79.4 Å². The van der Waals surface area contributed by atoms with Crippen LogP contribution in [0.15, 0.2) is 64.9 Å². The lowest BCUT2D eigenvalue weighted by molar-refractivity contribution is 0.102. The van der Waals surface area contributed by atoms with Gasteiger partial charge in [0.1, 0.15) is 0 Å². The molecule has 2 heterocycles. The van der Waals surface area contributed by atoms with Crippen LogP contribution in [-0.4, -0.2) is 36.7 Å². The number of anilines is 1. The van der Waals surface area contributed by atoms with Crippen LogP contribution in [0.5, 0.6) is 0 Å². The monoisotopic (exact) mass is 413 g/mol. The Morgan fingerprint density at radius 3 is 2.36 bits per heavy atom. The molecule has 0 saturated carbocycles. The highest BCUT2D eigenvalue weighted by Crippen LogP contribution is 2.27. The Balaban J connectivity index is 1.49. The van der Waals surface area contributed by atoms with Crippen molar-refractivity contribution < 1.29 is 13.2 Å². The van der Waals surface area contributed by atoms with E-state index in [1.54, 1.807) is 48.5 Å². The van der Waals surface area contributed by atoms with E-state index in [1.165, 1.54) is 15.6 Å². The maximum atomic E-state index is 12.6. The molecule has 3 aromatic rings. The van der Waals surface area contributed by atoms with Crippen molar-refractivity contribution in [2.75, 3.05) is 18.4 Å². The van der Waals surface area contributed by atoms with Gasteiger partial charge in [-0.15, -0.1) is 11.3 Å². The van der Waals surface area contributed by atoms with Crippen LogP contribution < -0.4 is 5.32 Å². The van der Waals surface area contributed by atoms with Gasteiger partial charge in [-0.25, -0.2) is 13.4 Å². The molecule has 28 heavy (non-hydrogen) atoms. The predicted octanol–water partition coefficient (Wildman–Crippen LogP) is 3.85. The normalized spacial score (nSPS) is 14.9. The first kappa shape index (κ1) is 18.8. The van der Waals surface area contributed by atoms with Crippen molar-refractivity contribution in [1.82, 2.24) is 9.29 Å². The van der Waals surface area contributed by atoms with Gasteiger partial charge in [0.15, 0.2) is 5.13 Å². The number of carbonyl (C=O) groups excluding carboxylic acids is 1. The van der Waals surface area contributed by atoms with Crippen molar-refractivity contribution in [2.24, 2.45) is 0 Å². The minimum absolute atomic E-state index is 0.214. The van der Waals surface area contributed by atoms with E-state index < -0.39 is 10.0 Å². The number of nitrogens with one attached hydrogen (secondary N) is 1. The van der Waals surface area contributed by atoms with Crippen LogP contribution >= 0.6 is 11.3 Å². The molecule has 144 valence electrons. The fourth-order valence-corrected chi connectivity index (χ4v) is 5.33. The highest BCUT2D eigenvalue weighted by Gasteiger charge is 2.27. The predicted molar refractivity (Wildman–Crippen MR) is 110 cm³/mol. The zero-order valence-electron chi connectivity index (χ0n) is 15.0. The Labute approximate surface area is 167 Å². The van der Waals surface area contributed by atoms with Gasteiger partial charge in [0.05, 0.1) is 10.6 Å². The lowest BCUT2D eigenvalue weighted by atomic mass is 10.2. The highest BCUT2D eigenvalue weighted by molar-refractivity contribution is 7.89. The van der Waals surface area contributed by atoms with Crippen LogP contribution in [0.3, 0.4) is 0 Å². The van der Waals surface area contributed by atoms with Gasteiger partial charge in [0, 0.05) is 29.6 Å². The summed E-state index contributed by atoms with van der Waals surface area (Å²) in [7, 11) is -3.42. The van der Waals surface area contributed by atoms with E-state index in [4.69, 9.17) is 0 Å². The van der Waals surface area contributed by atoms with Crippen LogP contribution in [0.4, 0.5) is 5.13 Å². The highest BCUT2D eigenvalue weighted by atomic mass is 32.2. The second-order valence-corrected chi connectivity index (χ2v) is 9.29. The number of rotatable bonds is 5. The molecule has 1 amide bonds. The van der Waals surface area contributed by atoms with Crippen LogP contribution in [0.25, 0.3) is 11.3 Å².